The molecule has 1 aromatic heterocycles. The Morgan fingerprint density at radius 1 is 1.28 bits per heavy atom. The first-order valence-corrected chi connectivity index (χ1v) is 7.09. The van der Waals surface area contributed by atoms with E-state index in [9.17, 15) is 0 Å². The maximum Gasteiger partial charge on any atom is 0.0951 e. The normalized spacial score (nSPS) is 28.8. The van der Waals surface area contributed by atoms with E-state index in [0.29, 0.717) is 6.04 Å². The number of fused-ring (bicyclic) bond motifs is 1. The minimum atomic E-state index is -0.0114. The lowest BCUT2D eigenvalue weighted by molar-refractivity contribution is 0.280. The van der Waals surface area contributed by atoms with Gasteiger partial charge in [-0.3, -0.25) is 4.90 Å². The molecule has 2 unspecified atom stereocenters. The van der Waals surface area contributed by atoms with E-state index >= 15 is 0 Å². The van der Waals surface area contributed by atoms with Crippen LogP contribution in [0.5, 0.6) is 0 Å². The Balaban J connectivity index is 1.91. The summed E-state index contributed by atoms with van der Waals surface area (Å²) in [4.78, 5) is 7.05. The molecule has 1 N–H and O–H groups in total. The standard InChI is InChI=1S/C14H24N4/c1-14(2,15-3)13-9-16-10-18(13)12-6-8-17-7-4-5-11(12)17/h9-12,15H,4-8H2,1-3H3. The maximum atomic E-state index is 4.40. The van der Waals surface area contributed by atoms with Crippen molar-refractivity contribution >= 4 is 0 Å². The summed E-state index contributed by atoms with van der Waals surface area (Å²) in [5.74, 6) is 0. The third-order valence-electron chi connectivity index (χ3n) is 4.86. The van der Waals surface area contributed by atoms with E-state index in [1.54, 1.807) is 0 Å². The maximum absolute atomic E-state index is 4.40. The Hall–Kier alpha value is -0.870. The SMILES string of the molecule is CNC(C)(C)c1cncn1C1CCN2CCCC12. The van der Waals surface area contributed by atoms with Gasteiger partial charge in [0.2, 0.25) is 0 Å². The number of nitrogens with zero attached hydrogens (tertiary/aromatic N) is 3. The molecule has 2 fully saturated rings. The van der Waals surface area contributed by atoms with E-state index < -0.39 is 0 Å². The number of hydrogen-bond acceptors (Lipinski definition) is 3. The molecule has 2 aliphatic heterocycles. The lowest BCUT2D eigenvalue weighted by Gasteiger charge is -2.30. The minimum absolute atomic E-state index is 0.0114. The second-order valence-corrected chi connectivity index (χ2v) is 6.16. The van der Waals surface area contributed by atoms with Crippen molar-refractivity contribution in [2.24, 2.45) is 0 Å². The van der Waals surface area contributed by atoms with Crippen molar-refractivity contribution in [2.75, 3.05) is 20.1 Å². The van der Waals surface area contributed by atoms with Gasteiger partial charge in [-0.05, 0) is 46.7 Å². The second-order valence-electron chi connectivity index (χ2n) is 6.16. The van der Waals surface area contributed by atoms with Gasteiger partial charge in [0.25, 0.3) is 0 Å². The summed E-state index contributed by atoms with van der Waals surface area (Å²) >= 11 is 0. The Bertz CT molecular complexity index is 423. The fourth-order valence-corrected chi connectivity index (χ4v) is 3.56. The molecule has 100 valence electrons. The van der Waals surface area contributed by atoms with Gasteiger partial charge >= 0.3 is 0 Å². The molecular weight excluding hydrogens is 224 g/mol. The highest BCUT2D eigenvalue weighted by molar-refractivity contribution is 5.14. The Labute approximate surface area is 109 Å². The number of nitrogens with one attached hydrogen (secondary N) is 1. The molecule has 3 heterocycles. The van der Waals surface area contributed by atoms with E-state index in [4.69, 9.17) is 0 Å². The molecule has 0 saturated carbocycles. The number of hydrogen-bond donors (Lipinski definition) is 1. The van der Waals surface area contributed by atoms with Crippen LogP contribution in [0.4, 0.5) is 0 Å². The van der Waals surface area contributed by atoms with Gasteiger partial charge in [0, 0.05) is 12.6 Å². The third kappa shape index (κ3) is 1.79. The summed E-state index contributed by atoms with van der Waals surface area (Å²) in [6.45, 7) is 7.00. The van der Waals surface area contributed by atoms with Gasteiger partial charge < -0.3 is 9.88 Å². The molecule has 3 rings (SSSR count). The lowest BCUT2D eigenvalue weighted by atomic mass is 9.99. The largest absolute Gasteiger partial charge is 0.328 e. The molecule has 1 aromatic rings. The van der Waals surface area contributed by atoms with Crippen LogP contribution in [-0.4, -0.2) is 40.6 Å². The highest BCUT2D eigenvalue weighted by Crippen LogP contribution is 2.37. The quantitative estimate of drug-likeness (QED) is 0.884. The molecule has 0 amide bonds. The van der Waals surface area contributed by atoms with Crippen molar-refractivity contribution in [1.82, 2.24) is 19.8 Å². The summed E-state index contributed by atoms with van der Waals surface area (Å²) in [5, 5.41) is 3.39. The Morgan fingerprint density at radius 3 is 2.89 bits per heavy atom. The molecule has 0 aliphatic carbocycles. The lowest BCUT2D eigenvalue weighted by Crippen LogP contribution is -2.37. The van der Waals surface area contributed by atoms with Gasteiger partial charge in [-0.25, -0.2) is 4.98 Å². The third-order valence-corrected chi connectivity index (χ3v) is 4.86. The summed E-state index contributed by atoms with van der Waals surface area (Å²) in [7, 11) is 2.02. The molecule has 2 aliphatic rings. The summed E-state index contributed by atoms with van der Waals surface area (Å²) in [6.07, 6.45) is 8.03. The zero-order valence-electron chi connectivity index (χ0n) is 11.7. The highest BCUT2D eigenvalue weighted by atomic mass is 15.3. The van der Waals surface area contributed by atoms with E-state index in [2.05, 4.69) is 33.6 Å². The van der Waals surface area contributed by atoms with Gasteiger partial charge in [0.15, 0.2) is 0 Å². The molecule has 2 atom stereocenters. The smallest absolute Gasteiger partial charge is 0.0951 e. The summed E-state index contributed by atoms with van der Waals surface area (Å²) < 4.78 is 2.42. The molecule has 4 nitrogen and oxygen atoms in total. The van der Waals surface area contributed by atoms with Crippen LogP contribution < -0.4 is 5.32 Å². The van der Waals surface area contributed by atoms with Crippen LogP contribution in [0.2, 0.25) is 0 Å². The average Bonchev–Trinajstić information content (AvgIpc) is 3.03. The minimum Gasteiger partial charge on any atom is -0.328 e. The van der Waals surface area contributed by atoms with Crippen LogP contribution in [0.3, 0.4) is 0 Å². The van der Waals surface area contributed by atoms with Gasteiger partial charge in [0.05, 0.1) is 29.8 Å². The van der Waals surface area contributed by atoms with Crippen molar-refractivity contribution in [3.05, 3.63) is 18.2 Å². The monoisotopic (exact) mass is 248 g/mol. The number of rotatable bonds is 3. The van der Waals surface area contributed by atoms with Crippen molar-refractivity contribution in [3.63, 3.8) is 0 Å². The molecular formula is C14H24N4. The topological polar surface area (TPSA) is 33.1 Å². The van der Waals surface area contributed by atoms with Gasteiger partial charge in [0.1, 0.15) is 0 Å². The molecule has 0 aromatic carbocycles. The van der Waals surface area contributed by atoms with Gasteiger partial charge in [-0.2, -0.15) is 0 Å². The zero-order valence-corrected chi connectivity index (χ0v) is 11.7. The molecule has 0 radical (unpaired) electrons. The summed E-state index contributed by atoms with van der Waals surface area (Å²) in [5.41, 5.74) is 1.30. The van der Waals surface area contributed by atoms with Crippen molar-refractivity contribution < 1.29 is 0 Å². The zero-order chi connectivity index (χ0) is 12.8. The molecule has 18 heavy (non-hydrogen) atoms. The first kappa shape index (κ1) is 12.2. The first-order chi connectivity index (χ1) is 8.63. The van der Waals surface area contributed by atoms with E-state index in [-0.39, 0.29) is 5.54 Å². The van der Waals surface area contributed by atoms with Crippen LogP contribution in [0.15, 0.2) is 12.5 Å². The van der Waals surface area contributed by atoms with Crippen molar-refractivity contribution in [1.29, 1.82) is 0 Å². The van der Waals surface area contributed by atoms with Crippen molar-refractivity contribution in [2.45, 2.75) is 50.7 Å². The number of aromatic nitrogens is 2. The first-order valence-electron chi connectivity index (χ1n) is 7.09. The Morgan fingerprint density at radius 2 is 2.11 bits per heavy atom. The fourth-order valence-electron chi connectivity index (χ4n) is 3.56. The van der Waals surface area contributed by atoms with E-state index in [1.165, 1.54) is 38.0 Å². The predicted molar refractivity (Wildman–Crippen MR) is 72.6 cm³/mol. The molecule has 0 spiro atoms. The fraction of sp³-hybridized carbons (Fsp3) is 0.786. The van der Waals surface area contributed by atoms with Gasteiger partial charge in [-0.15, -0.1) is 0 Å². The Kier molecular flexibility index (Phi) is 2.94. The molecule has 0 bridgehead atoms. The van der Waals surface area contributed by atoms with Crippen LogP contribution >= 0.6 is 0 Å². The summed E-state index contributed by atoms with van der Waals surface area (Å²) in [6, 6.07) is 1.36. The van der Waals surface area contributed by atoms with Crippen LogP contribution in [0.1, 0.15) is 44.8 Å². The van der Waals surface area contributed by atoms with Crippen LogP contribution in [0.25, 0.3) is 0 Å². The van der Waals surface area contributed by atoms with Crippen LogP contribution in [0, 0.1) is 0 Å². The molecule has 2 saturated heterocycles. The van der Waals surface area contributed by atoms with E-state index in [1.807, 2.05) is 19.6 Å². The van der Waals surface area contributed by atoms with Crippen LogP contribution in [-0.2, 0) is 5.54 Å². The van der Waals surface area contributed by atoms with Gasteiger partial charge in [-0.1, -0.05) is 0 Å². The van der Waals surface area contributed by atoms with Crippen molar-refractivity contribution in [3.8, 4) is 0 Å². The highest BCUT2D eigenvalue weighted by Gasteiger charge is 2.39. The molecule has 4 heteroatoms. The average molecular weight is 248 g/mol. The number of imidazole rings is 1. The van der Waals surface area contributed by atoms with E-state index in [0.717, 1.165) is 6.04 Å². The second kappa shape index (κ2) is 4.35. The predicted octanol–water partition coefficient (Wildman–Crippen LogP) is 1.75.